The summed E-state index contributed by atoms with van der Waals surface area (Å²) in [7, 11) is 0. The van der Waals surface area contributed by atoms with Crippen LogP contribution in [0.3, 0.4) is 0 Å². The Labute approximate surface area is 112 Å². The molecule has 0 aromatic heterocycles. The molecule has 0 aliphatic rings. The molecular weight excluding hydrogens is 220 g/mol. The fourth-order valence-electron chi connectivity index (χ4n) is 2.09. The zero-order chi connectivity index (χ0) is 13.1. The Kier molecular flexibility index (Phi) is 8.24. The first-order chi connectivity index (χ1) is 8.86. The van der Waals surface area contributed by atoms with Crippen LogP contribution in [-0.2, 0) is 6.42 Å². The Morgan fingerprint density at radius 1 is 0.944 bits per heavy atom. The molecule has 100 valence electrons. The Morgan fingerprint density at radius 2 is 1.61 bits per heavy atom. The first-order valence-electron chi connectivity index (χ1n) is 7.23. The van der Waals surface area contributed by atoms with E-state index in [0.717, 1.165) is 5.56 Å². The van der Waals surface area contributed by atoms with Gasteiger partial charge in [0.05, 0.1) is 6.61 Å². The number of unbranched alkanes of at least 4 members (excludes halogenated alkanes) is 5. The smallest absolute Gasteiger partial charge is 0.0615 e. The average Bonchev–Trinajstić information content (AvgIpc) is 2.42. The molecule has 1 aromatic rings. The van der Waals surface area contributed by atoms with Gasteiger partial charge in [-0.15, -0.1) is 0 Å². The second-order valence-corrected chi connectivity index (χ2v) is 4.84. The van der Waals surface area contributed by atoms with Gasteiger partial charge in [0.2, 0.25) is 0 Å². The third kappa shape index (κ3) is 6.61. The fraction of sp³-hybridized carbons (Fsp3) is 0.529. The van der Waals surface area contributed by atoms with Gasteiger partial charge in [0.15, 0.2) is 0 Å². The lowest BCUT2D eigenvalue weighted by Crippen LogP contribution is -1.86. The van der Waals surface area contributed by atoms with E-state index in [2.05, 4.69) is 31.2 Å². The molecule has 0 radical (unpaired) electrons. The zero-order valence-electron chi connectivity index (χ0n) is 11.6. The van der Waals surface area contributed by atoms with Crippen molar-refractivity contribution in [3.8, 4) is 0 Å². The van der Waals surface area contributed by atoms with E-state index in [-0.39, 0.29) is 6.61 Å². The molecule has 1 rings (SSSR count). The van der Waals surface area contributed by atoms with Crippen molar-refractivity contribution >= 4 is 6.08 Å². The molecule has 0 unspecified atom stereocenters. The van der Waals surface area contributed by atoms with E-state index in [1.807, 2.05) is 6.08 Å². The number of rotatable bonds is 9. The van der Waals surface area contributed by atoms with Crippen LogP contribution in [0.5, 0.6) is 0 Å². The van der Waals surface area contributed by atoms with E-state index in [4.69, 9.17) is 5.11 Å². The quantitative estimate of drug-likeness (QED) is 0.632. The molecule has 0 aliphatic heterocycles. The van der Waals surface area contributed by atoms with E-state index < -0.39 is 0 Å². The van der Waals surface area contributed by atoms with Gasteiger partial charge in [-0.05, 0) is 24.0 Å². The van der Waals surface area contributed by atoms with Crippen LogP contribution in [-0.4, -0.2) is 11.7 Å². The molecule has 1 heteroatoms. The molecular formula is C17H26O. The van der Waals surface area contributed by atoms with Crippen LogP contribution >= 0.6 is 0 Å². The van der Waals surface area contributed by atoms with Gasteiger partial charge < -0.3 is 5.11 Å². The van der Waals surface area contributed by atoms with Crippen molar-refractivity contribution in [2.24, 2.45) is 0 Å². The summed E-state index contributed by atoms with van der Waals surface area (Å²) >= 11 is 0. The second-order valence-electron chi connectivity index (χ2n) is 4.84. The van der Waals surface area contributed by atoms with Crippen molar-refractivity contribution in [3.05, 3.63) is 41.5 Å². The zero-order valence-corrected chi connectivity index (χ0v) is 11.6. The van der Waals surface area contributed by atoms with Crippen molar-refractivity contribution in [1.29, 1.82) is 0 Å². The Hall–Kier alpha value is -1.08. The maximum atomic E-state index is 8.70. The summed E-state index contributed by atoms with van der Waals surface area (Å²) in [5.41, 5.74) is 2.59. The summed E-state index contributed by atoms with van der Waals surface area (Å²) in [6, 6.07) is 8.64. The summed E-state index contributed by atoms with van der Waals surface area (Å²) in [6.07, 6.45) is 13.0. The van der Waals surface area contributed by atoms with E-state index in [9.17, 15) is 0 Å². The van der Waals surface area contributed by atoms with Crippen molar-refractivity contribution in [1.82, 2.24) is 0 Å². The molecule has 18 heavy (non-hydrogen) atoms. The van der Waals surface area contributed by atoms with Gasteiger partial charge in [0.1, 0.15) is 0 Å². The first-order valence-corrected chi connectivity index (χ1v) is 7.23. The molecule has 1 nitrogen and oxygen atoms in total. The summed E-state index contributed by atoms with van der Waals surface area (Å²) in [6.45, 7) is 2.37. The van der Waals surface area contributed by atoms with Gasteiger partial charge in [0.25, 0.3) is 0 Å². The molecule has 0 aliphatic carbocycles. The van der Waals surface area contributed by atoms with Crippen molar-refractivity contribution in [2.75, 3.05) is 6.61 Å². The maximum absolute atomic E-state index is 8.70. The number of aliphatic hydroxyl groups is 1. The number of hydrogen-bond acceptors (Lipinski definition) is 1. The molecule has 1 aromatic carbocycles. The fourth-order valence-corrected chi connectivity index (χ4v) is 2.09. The van der Waals surface area contributed by atoms with Crippen LogP contribution < -0.4 is 0 Å². The highest BCUT2D eigenvalue weighted by Crippen LogP contribution is 2.11. The van der Waals surface area contributed by atoms with Gasteiger partial charge in [-0.3, -0.25) is 0 Å². The van der Waals surface area contributed by atoms with Crippen LogP contribution in [0, 0.1) is 0 Å². The summed E-state index contributed by atoms with van der Waals surface area (Å²) < 4.78 is 0. The van der Waals surface area contributed by atoms with Gasteiger partial charge in [-0.25, -0.2) is 0 Å². The van der Waals surface area contributed by atoms with Crippen LogP contribution in [0.15, 0.2) is 30.3 Å². The third-order valence-corrected chi connectivity index (χ3v) is 3.21. The maximum Gasteiger partial charge on any atom is 0.0615 e. The van der Waals surface area contributed by atoms with E-state index >= 15 is 0 Å². The highest BCUT2D eigenvalue weighted by molar-refractivity contribution is 5.49. The molecule has 0 saturated carbocycles. The summed E-state index contributed by atoms with van der Waals surface area (Å²) in [5, 5.41) is 8.70. The third-order valence-electron chi connectivity index (χ3n) is 3.21. The Bertz CT molecular complexity index is 324. The van der Waals surface area contributed by atoms with E-state index in [1.54, 1.807) is 6.08 Å². The standard InChI is InChI=1S/C17H26O/c1-2-3-4-5-6-7-9-16-11-13-17(14-12-16)10-8-15-18/h8,10-14,18H,2-7,9,15H2,1H3/b10-8+. The molecule has 0 spiro atoms. The normalized spacial score (nSPS) is 11.2. The SMILES string of the molecule is CCCCCCCCc1ccc(/C=C/CO)cc1. The monoisotopic (exact) mass is 246 g/mol. The highest BCUT2D eigenvalue weighted by Gasteiger charge is 1.94. The Morgan fingerprint density at radius 3 is 2.28 bits per heavy atom. The van der Waals surface area contributed by atoms with Crippen LogP contribution in [0.2, 0.25) is 0 Å². The number of hydrogen-bond donors (Lipinski definition) is 1. The average molecular weight is 246 g/mol. The first kappa shape index (κ1) is 15.0. The van der Waals surface area contributed by atoms with E-state index in [1.165, 1.54) is 50.5 Å². The minimum atomic E-state index is 0.111. The van der Waals surface area contributed by atoms with Gasteiger partial charge in [0, 0.05) is 0 Å². The molecule has 0 amide bonds. The lowest BCUT2D eigenvalue weighted by molar-refractivity contribution is 0.343. The second kappa shape index (κ2) is 9.90. The summed E-state index contributed by atoms with van der Waals surface area (Å²) in [5.74, 6) is 0. The van der Waals surface area contributed by atoms with Gasteiger partial charge in [-0.2, -0.15) is 0 Å². The minimum absolute atomic E-state index is 0.111. The van der Waals surface area contributed by atoms with Crippen LogP contribution in [0.1, 0.15) is 56.6 Å². The molecule has 0 saturated heterocycles. The predicted molar refractivity (Wildman–Crippen MR) is 79.6 cm³/mol. The summed E-state index contributed by atoms with van der Waals surface area (Å²) in [4.78, 5) is 0. The molecule has 1 N–H and O–H groups in total. The van der Waals surface area contributed by atoms with Crippen LogP contribution in [0.4, 0.5) is 0 Å². The molecule has 0 atom stereocenters. The largest absolute Gasteiger partial charge is 0.392 e. The Balaban J connectivity index is 2.20. The predicted octanol–water partition coefficient (Wildman–Crippen LogP) is 4.60. The topological polar surface area (TPSA) is 20.2 Å². The highest BCUT2D eigenvalue weighted by atomic mass is 16.2. The van der Waals surface area contributed by atoms with Gasteiger partial charge >= 0.3 is 0 Å². The number of aliphatic hydroxyl groups excluding tert-OH is 1. The molecule has 0 bridgehead atoms. The number of benzene rings is 1. The van der Waals surface area contributed by atoms with Crippen molar-refractivity contribution in [2.45, 2.75) is 51.9 Å². The van der Waals surface area contributed by atoms with E-state index in [0.29, 0.717) is 0 Å². The van der Waals surface area contributed by atoms with Crippen molar-refractivity contribution in [3.63, 3.8) is 0 Å². The van der Waals surface area contributed by atoms with Crippen molar-refractivity contribution < 1.29 is 5.11 Å². The lowest BCUT2D eigenvalue weighted by Gasteiger charge is -2.02. The number of aryl methyl sites for hydroxylation is 1. The molecule has 0 fully saturated rings. The van der Waals surface area contributed by atoms with Gasteiger partial charge in [-0.1, -0.05) is 75.4 Å². The minimum Gasteiger partial charge on any atom is -0.392 e. The van der Waals surface area contributed by atoms with Crippen LogP contribution in [0.25, 0.3) is 6.08 Å². The molecule has 0 heterocycles. The lowest BCUT2D eigenvalue weighted by atomic mass is 10.0.